The van der Waals surface area contributed by atoms with E-state index in [1.807, 2.05) is 0 Å². The van der Waals surface area contributed by atoms with E-state index in [0.29, 0.717) is 0 Å². The molecular weight excluding hydrogens is 220 g/mol. The van der Waals surface area contributed by atoms with Gasteiger partial charge in [0.2, 0.25) is 0 Å². The number of aryl methyl sites for hydroxylation is 1. The largest absolute Gasteiger partial charge is 0.480 e. The van der Waals surface area contributed by atoms with Crippen LogP contribution in [0.3, 0.4) is 0 Å². The number of carbonyl (C=O) groups excluding carboxylic acids is 1. The number of amides is 1. The lowest BCUT2D eigenvalue weighted by Gasteiger charge is -2.24. The van der Waals surface area contributed by atoms with Crippen LogP contribution in [-0.2, 0) is 4.79 Å². The van der Waals surface area contributed by atoms with Gasteiger partial charge in [-0.1, -0.05) is 6.07 Å². The summed E-state index contributed by atoms with van der Waals surface area (Å²) in [7, 11) is 0. The van der Waals surface area contributed by atoms with Gasteiger partial charge in [-0.2, -0.15) is 0 Å². The molecule has 0 bridgehead atoms. The summed E-state index contributed by atoms with van der Waals surface area (Å²) in [5.74, 6) is -1.38. The molecule has 0 aliphatic heterocycles. The van der Waals surface area contributed by atoms with Gasteiger partial charge in [0.15, 0.2) is 0 Å². The lowest BCUT2D eigenvalue weighted by Crippen LogP contribution is -2.41. The van der Waals surface area contributed by atoms with Gasteiger partial charge in [-0.3, -0.25) is 9.59 Å². The number of carboxylic acid groups (broad SMARTS) is 1. The first kappa shape index (κ1) is 13.2. The summed E-state index contributed by atoms with van der Waals surface area (Å²) in [6, 6.07) is 4.93. The minimum Gasteiger partial charge on any atom is -0.480 e. The smallest absolute Gasteiger partial charge is 0.323 e. The van der Waals surface area contributed by atoms with Crippen LogP contribution in [0.4, 0.5) is 0 Å². The summed E-state index contributed by atoms with van der Waals surface area (Å²) in [5, 5.41) is 8.77. The van der Waals surface area contributed by atoms with Gasteiger partial charge in [-0.15, -0.1) is 0 Å². The predicted molar refractivity (Wildman–Crippen MR) is 62.8 cm³/mol. The predicted octanol–water partition coefficient (Wildman–Crippen LogP) is 1.33. The Kier molecular flexibility index (Phi) is 4.20. The number of nitrogens with zero attached hydrogens (tertiary/aromatic N) is 2. The molecular formula is C12H16N2O3. The average molecular weight is 236 g/mol. The van der Waals surface area contributed by atoms with Crippen LogP contribution in [0.15, 0.2) is 18.2 Å². The number of rotatable bonds is 4. The third-order valence-corrected chi connectivity index (χ3v) is 2.30. The van der Waals surface area contributed by atoms with E-state index >= 15 is 0 Å². The zero-order chi connectivity index (χ0) is 13.0. The van der Waals surface area contributed by atoms with Crippen molar-refractivity contribution in [2.75, 3.05) is 6.54 Å². The second-order valence-electron chi connectivity index (χ2n) is 4.08. The van der Waals surface area contributed by atoms with E-state index in [1.54, 1.807) is 39.0 Å². The van der Waals surface area contributed by atoms with Gasteiger partial charge in [-0.05, 0) is 32.9 Å². The van der Waals surface area contributed by atoms with Crippen LogP contribution in [0.2, 0.25) is 0 Å². The van der Waals surface area contributed by atoms with Gasteiger partial charge in [0.25, 0.3) is 5.91 Å². The fraction of sp³-hybridized carbons (Fsp3) is 0.417. The van der Waals surface area contributed by atoms with E-state index in [2.05, 4.69) is 4.98 Å². The van der Waals surface area contributed by atoms with Gasteiger partial charge in [-0.25, -0.2) is 4.98 Å². The molecule has 1 amide bonds. The van der Waals surface area contributed by atoms with E-state index < -0.39 is 5.97 Å². The molecule has 0 atom stereocenters. The number of aromatic nitrogens is 1. The normalized spacial score (nSPS) is 10.4. The molecule has 5 nitrogen and oxygen atoms in total. The van der Waals surface area contributed by atoms with Crippen LogP contribution in [0.5, 0.6) is 0 Å². The van der Waals surface area contributed by atoms with Crippen LogP contribution in [-0.4, -0.2) is 39.5 Å². The van der Waals surface area contributed by atoms with Crippen LogP contribution in [0, 0.1) is 6.92 Å². The van der Waals surface area contributed by atoms with Crippen molar-refractivity contribution < 1.29 is 14.7 Å². The second-order valence-corrected chi connectivity index (χ2v) is 4.08. The number of pyridine rings is 1. The highest BCUT2D eigenvalue weighted by molar-refractivity contribution is 5.94. The first-order valence-corrected chi connectivity index (χ1v) is 5.38. The molecule has 1 heterocycles. The molecule has 0 fully saturated rings. The SMILES string of the molecule is Cc1cccc(C(=O)N(CC(=O)O)C(C)C)n1. The van der Waals surface area contributed by atoms with Crippen molar-refractivity contribution in [3.63, 3.8) is 0 Å². The molecule has 0 aliphatic rings. The first-order chi connectivity index (χ1) is 7.91. The Morgan fingerprint density at radius 1 is 1.41 bits per heavy atom. The summed E-state index contributed by atoms with van der Waals surface area (Å²) in [4.78, 5) is 28.2. The molecule has 0 saturated heterocycles. The number of carboxylic acids is 1. The zero-order valence-corrected chi connectivity index (χ0v) is 10.2. The van der Waals surface area contributed by atoms with Gasteiger partial charge >= 0.3 is 5.97 Å². The molecule has 1 rings (SSSR count). The number of carbonyl (C=O) groups is 2. The third-order valence-electron chi connectivity index (χ3n) is 2.30. The van der Waals surface area contributed by atoms with Crippen LogP contribution < -0.4 is 0 Å². The van der Waals surface area contributed by atoms with Crippen LogP contribution in [0.25, 0.3) is 0 Å². The highest BCUT2D eigenvalue weighted by atomic mass is 16.4. The molecule has 5 heteroatoms. The number of hydrogen-bond acceptors (Lipinski definition) is 3. The summed E-state index contributed by atoms with van der Waals surface area (Å²) in [5.41, 5.74) is 1.01. The first-order valence-electron chi connectivity index (χ1n) is 5.38. The fourth-order valence-electron chi connectivity index (χ4n) is 1.44. The summed E-state index contributed by atoms with van der Waals surface area (Å²) in [6.45, 7) is 5.02. The molecule has 1 aromatic heterocycles. The maximum atomic E-state index is 12.1. The van der Waals surface area contributed by atoms with Crippen molar-refractivity contribution in [1.82, 2.24) is 9.88 Å². The molecule has 0 spiro atoms. The monoisotopic (exact) mass is 236 g/mol. The minimum atomic E-state index is -1.03. The second kappa shape index (κ2) is 5.43. The maximum absolute atomic E-state index is 12.1. The van der Waals surface area contributed by atoms with Crippen molar-refractivity contribution in [1.29, 1.82) is 0 Å². The molecule has 0 saturated carbocycles. The van der Waals surface area contributed by atoms with Crippen molar-refractivity contribution in [3.05, 3.63) is 29.6 Å². The van der Waals surface area contributed by atoms with Crippen molar-refractivity contribution in [3.8, 4) is 0 Å². The zero-order valence-electron chi connectivity index (χ0n) is 10.2. The fourth-order valence-corrected chi connectivity index (χ4v) is 1.44. The highest BCUT2D eigenvalue weighted by Gasteiger charge is 2.22. The number of aliphatic carboxylic acids is 1. The van der Waals surface area contributed by atoms with E-state index in [0.717, 1.165) is 5.69 Å². The Balaban J connectivity index is 2.95. The summed E-state index contributed by atoms with van der Waals surface area (Å²) >= 11 is 0. The standard InChI is InChI=1S/C12H16N2O3/c1-8(2)14(7-11(15)16)12(17)10-6-4-5-9(3)13-10/h4-6,8H,7H2,1-3H3,(H,15,16). The Labute approximate surface area is 100 Å². The topological polar surface area (TPSA) is 70.5 Å². The molecule has 0 aliphatic carbocycles. The molecule has 0 aromatic carbocycles. The van der Waals surface area contributed by atoms with Crippen molar-refractivity contribution in [2.24, 2.45) is 0 Å². The Bertz CT molecular complexity index is 430. The molecule has 0 unspecified atom stereocenters. The van der Waals surface area contributed by atoms with Crippen LogP contribution >= 0.6 is 0 Å². The summed E-state index contributed by atoms with van der Waals surface area (Å²) < 4.78 is 0. The van der Waals surface area contributed by atoms with Crippen LogP contribution in [0.1, 0.15) is 30.0 Å². The molecule has 1 aromatic rings. The van der Waals surface area contributed by atoms with Gasteiger partial charge in [0.1, 0.15) is 12.2 Å². The Hall–Kier alpha value is -1.91. The quantitative estimate of drug-likeness (QED) is 0.856. The lowest BCUT2D eigenvalue weighted by molar-refractivity contribution is -0.138. The molecule has 17 heavy (non-hydrogen) atoms. The lowest BCUT2D eigenvalue weighted by atomic mass is 10.2. The van der Waals surface area contributed by atoms with E-state index in [1.165, 1.54) is 4.90 Å². The average Bonchev–Trinajstić information content (AvgIpc) is 2.24. The van der Waals surface area contributed by atoms with Gasteiger partial charge in [0.05, 0.1) is 0 Å². The Morgan fingerprint density at radius 2 is 2.06 bits per heavy atom. The Morgan fingerprint density at radius 3 is 2.53 bits per heavy atom. The summed E-state index contributed by atoms with van der Waals surface area (Å²) in [6.07, 6.45) is 0. The maximum Gasteiger partial charge on any atom is 0.323 e. The minimum absolute atomic E-state index is 0.180. The molecule has 92 valence electrons. The van der Waals surface area contributed by atoms with Gasteiger partial charge in [0, 0.05) is 11.7 Å². The molecule has 1 N–H and O–H groups in total. The van der Waals surface area contributed by atoms with E-state index in [-0.39, 0.29) is 24.2 Å². The van der Waals surface area contributed by atoms with E-state index in [9.17, 15) is 9.59 Å². The number of hydrogen-bond donors (Lipinski definition) is 1. The highest BCUT2D eigenvalue weighted by Crippen LogP contribution is 2.07. The molecule has 0 radical (unpaired) electrons. The van der Waals surface area contributed by atoms with Crippen molar-refractivity contribution in [2.45, 2.75) is 26.8 Å². The van der Waals surface area contributed by atoms with E-state index in [4.69, 9.17) is 5.11 Å². The third kappa shape index (κ3) is 3.55. The van der Waals surface area contributed by atoms with Crippen molar-refractivity contribution >= 4 is 11.9 Å². The van der Waals surface area contributed by atoms with Gasteiger partial charge < -0.3 is 10.0 Å².